The van der Waals surface area contributed by atoms with Crippen LogP contribution in [-0.2, 0) is 6.42 Å². The summed E-state index contributed by atoms with van der Waals surface area (Å²) in [5.41, 5.74) is 0.506. The quantitative estimate of drug-likeness (QED) is 0.905. The number of aliphatic hydroxyl groups excluding tert-OH is 1. The maximum absolute atomic E-state index is 13.9. The second-order valence-corrected chi connectivity index (χ2v) is 7.68. The Morgan fingerprint density at radius 1 is 1.42 bits per heavy atom. The Balaban J connectivity index is 2.07. The van der Waals surface area contributed by atoms with E-state index in [9.17, 15) is 9.50 Å². The van der Waals surface area contributed by atoms with Gasteiger partial charge in [0.15, 0.2) is 0 Å². The van der Waals surface area contributed by atoms with E-state index in [1.165, 1.54) is 6.07 Å². The maximum atomic E-state index is 13.9. The zero-order valence-electron chi connectivity index (χ0n) is 10.8. The van der Waals surface area contributed by atoms with E-state index in [0.29, 0.717) is 17.2 Å². The molecule has 0 radical (unpaired) electrons. The van der Waals surface area contributed by atoms with Crippen molar-refractivity contribution in [3.05, 3.63) is 34.6 Å². The normalized spacial score (nSPS) is 25.3. The molecule has 0 aromatic heterocycles. The first-order valence-electron chi connectivity index (χ1n) is 6.47. The van der Waals surface area contributed by atoms with Crippen molar-refractivity contribution < 1.29 is 9.50 Å². The first-order valence-corrected chi connectivity index (χ1v) is 8.95. The van der Waals surface area contributed by atoms with Gasteiger partial charge in [0.1, 0.15) is 5.82 Å². The van der Waals surface area contributed by atoms with Gasteiger partial charge in [-0.15, -0.1) is 0 Å². The highest BCUT2D eigenvalue weighted by molar-refractivity contribution is 8.07. The van der Waals surface area contributed by atoms with Gasteiger partial charge in [-0.3, -0.25) is 0 Å². The predicted molar refractivity (Wildman–Crippen MR) is 83.9 cm³/mol. The minimum absolute atomic E-state index is 0.127. The van der Waals surface area contributed by atoms with Crippen LogP contribution in [0, 0.1) is 5.82 Å². The summed E-state index contributed by atoms with van der Waals surface area (Å²) in [7, 11) is 0. The Kier molecular flexibility index (Phi) is 5.87. The molecule has 0 aliphatic carbocycles. The van der Waals surface area contributed by atoms with Crippen LogP contribution in [0.4, 0.5) is 4.39 Å². The molecule has 5 heteroatoms. The van der Waals surface area contributed by atoms with Crippen LogP contribution in [0.25, 0.3) is 0 Å². The Bertz CT molecular complexity index is 430. The molecule has 2 rings (SSSR count). The third kappa shape index (κ3) is 3.81. The van der Waals surface area contributed by atoms with Crippen LogP contribution in [-0.4, -0.2) is 33.2 Å². The van der Waals surface area contributed by atoms with Gasteiger partial charge < -0.3 is 5.11 Å². The van der Waals surface area contributed by atoms with Crippen molar-refractivity contribution in [2.24, 2.45) is 0 Å². The number of rotatable bonds is 4. The lowest BCUT2D eigenvalue weighted by Gasteiger charge is -2.33. The van der Waals surface area contributed by atoms with Crippen molar-refractivity contribution in [1.29, 1.82) is 0 Å². The Morgan fingerprint density at radius 2 is 2.16 bits per heavy atom. The molecule has 1 aliphatic rings. The first-order chi connectivity index (χ1) is 9.13. The van der Waals surface area contributed by atoms with E-state index in [-0.39, 0.29) is 10.3 Å². The number of benzene rings is 1. The average molecular weight is 321 g/mol. The van der Waals surface area contributed by atoms with Crippen LogP contribution in [0.2, 0.25) is 5.02 Å². The molecule has 0 bridgehead atoms. The summed E-state index contributed by atoms with van der Waals surface area (Å²) < 4.78 is 13.9. The van der Waals surface area contributed by atoms with Crippen molar-refractivity contribution in [2.45, 2.75) is 36.4 Å². The lowest BCUT2D eigenvalue weighted by Crippen LogP contribution is -2.37. The third-order valence-electron chi connectivity index (χ3n) is 3.33. The summed E-state index contributed by atoms with van der Waals surface area (Å²) in [5, 5.41) is 11.2. The fourth-order valence-electron chi connectivity index (χ4n) is 2.34. The molecule has 3 atom stereocenters. The Morgan fingerprint density at radius 3 is 2.89 bits per heavy atom. The third-order valence-corrected chi connectivity index (χ3v) is 7.02. The fourth-order valence-corrected chi connectivity index (χ4v) is 5.68. The fraction of sp³-hybridized carbons (Fsp3) is 0.571. The van der Waals surface area contributed by atoms with Crippen molar-refractivity contribution in [2.75, 3.05) is 11.5 Å². The molecule has 0 saturated carbocycles. The van der Waals surface area contributed by atoms with E-state index >= 15 is 0 Å². The van der Waals surface area contributed by atoms with Gasteiger partial charge in [0, 0.05) is 28.4 Å². The Hall–Kier alpha value is 0.1000. The first kappa shape index (κ1) is 15.5. The SMILES string of the molecule is CCC1SCCSC1C(O)Cc1cccc(Cl)c1F. The highest BCUT2D eigenvalue weighted by atomic mass is 35.5. The summed E-state index contributed by atoms with van der Waals surface area (Å²) in [5.74, 6) is 1.79. The van der Waals surface area contributed by atoms with Crippen LogP contribution < -0.4 is 0 Å². The molecule has 106 valence electrons. The number of aliphatic hydroxyl groups is 1. The van der Waals surface area contributed by atoms with E-state index in [0.717, 1.165) is 17.9 Å². The standard InChI is InChI=1S/C14H18ClFOS2/c1-2-12-14(19-7-6-18-12)11(17)8-9-4-3-5-10(15)13(9)16/h3-5,11-12,14,17H,2,6-8H2,1H3. The molecule has 1 saturated heterocycles. The van der Waals surface area contributed by atoms with Gasteiger partial charge >= 0.3 is 0 Å². The van der Waals surface area contributed by atoms with E-state index in [1.807, 2.05) is 23.5 Å². The molecule has 1 N–H and O–H groups in total. The van der Waals surface area contributed by atoms with E-state index < -0.39 is 11.9 Å². The highest BCUT2D eigenvalue weighted by Crippen LogP contribution is 2.36. The largest absolute Gasteiger partial charge is 0.392 e. The smallest absolute Gasteiger partial charge is 0.145 e. The molecule has 1 nitrogen and oxygen atoms in total. The number of hydrogen-bond acceptors (Lipinski definition) is 3. The highest BCUT2D eigenvalue weighted by Gasteiger charge is 2.31. The van der Waals surface area contributed by atoms with Crippen molar-refractivity contribution in [3.63, 3.8) is 0 Å². The number of halogens is 2. The molecule has 1 heterocycles. The lowest BCUT2D eigenvalue weighted by molar-refractivity contribution is 0.168. The number of hydrogen-bond donors (Lipinski definition) is 1. The summed E-state index contributed by atoms with van der Waals surface area (Å²) in [4.78, 5) is 0. The minimum Gasteiger partial charge on any atom is -0.392 e. The van der Waals surface area contributed by atoms with Gasteiger partial charge in [-0.25, -0.2) is 4.39 Å². The Labute approximate surface area is 127 Å². The van der Waals surface area contributed by atoms with Gasteiger partial charge in [0.25, 0.3) is 0 Å². The second kappa shape index (κ2) is 7.21. The molecule has 1 fully saturated rings. The van der Waals surface area contributed by atoms with Crippen molar-refractivity contribution >= 4 is 35.1 Å². The van der Waals surface area contributed by atoms with Gasteiger partial charge in [-0.2, -0.15) is 23.5 Å². The van der Waals surface area contributed by atoms with Crippen LogP contribution in [0.15, 0.2) is 18.2 Å². The lowest BCUT2D eigenvalue weighted by atomic mass is 10.0. The molecule has 0 spiro atoms. The van der Waals surface area contributed by atoms with Crippen LogP contribution in [0.1, 0.15) is 18.9 Å². The monoisotopic (exact) mass is 320 g/mol. The molecule has 3 unspecified atom stereocenters. The molecule has 1 aliphatic heterocycles. The summed E-state index contributed by atoms with van der Waals surface area (Å²) >= 11 is 9.50. The van der Waals surface area contributed by atoms with E-state index in [4.69, 9.17) is 11.6 Å². The zero-order valence-corrected chi connectivity index (χ0v) is 13.2. The summed E-state index contributed by atoms with van der Waals surface area (Å²) in [6.45, 7) is 2.14. The molecule has 1 aromatic rings. The van der Waals surface area contributed by atoms with Crippen LogP contribution >= 0.6 is 35.1 Å². The van der Waals surface area contributed by atoms with E-state index in [2.05, 4.69) is 6.92 Å². The van der Waals surface area contributed by atoms with Gasteiger partial charge in [0.2, 0.25) is 0 Å². The minimum atomic E-state index is -0.518. The summed E-state index contributed by atoms with van der Waals surface area (Å²) in [6.07, 6.45) is 0.856. The van der Waals surface area contributed by atoms with Gasteiger partial charge in [-0.1, -0.05) is 30.7 Å². The molecule has 0 amide bonds. The predicted octanol–water partition coefficient (Wildman–Crippen LogP) is 4.01. The molecule has 19 heavy (non-hydrogen) atoms. The molecular formula is C14H18ClFOS2. The maximum Gasteiger partial charge on any atom is 0.145 e. The van der Waals surface area contributed by atoms with Crippen molar-refractivity contribution in [3.8, 4) is 0 Å². The molecule has 1 aromatic carbocycles. The second-order valence-electron chi connectivity index (χ2n) is 4.64. The zero-order chi connectivity index (χ0) is 13.8. The van der Waals surface area contributed by atoms with Crippen molar-refractivity contribution in [1.82, 2.24) is 0 Å². The topological polar surface area (TPSA) is 20.2 Å². The average Bonchev–Trinajstić information content (AvgIpc) is 2.43. The van der Waals surface area contributed by atoms with E-state index in [1.54, 1.807) is 12.1 Å². The van der Waals surface area contributed by atoms with Crippen LogP contribution in [0.5, 0.6) is 0 Å². The molecular weight excluding hydrogens is 303 g/mol. The summed E-state index contributed by atoms with van der Waals surface area (Å²) in [6, 6.07) is 4.96. The number of thioether (sulfide) groups is 2. The van der Waals surface area contributed by atoms with Gasteiger partial charge in [-0.05, 0) is 18.1 Å². The van der Waals surface area contributed by atoms with Gasteiger partial charge in [0.05, 0.1) is 11.1 Å². The van der Waals surface area contributed by atoms with Crippen LogP contribution in [0.3, 0.4) is 0 Å².